The second-order valence-corrected chi connectivity index (χ2v) is 16.3. The van der Waals surface area contributed by atoms with E-state index in [-0.39, 0.29) is 0 Å². The summed E-state index contributed by atoms with van der Waals surface area (Å²) in [6, 6.07) is 64.9. The van der Waals surface area contributed by atoms with E-state index in [4.69, 9.17) is 9.98 Å². The third-order valence-electron chi connectivity index (χ3n) is 11.5. The molecule has 2 aromatic heterocycles. The lowest BCUT2D eigenvalue weighted by atomic mass is 9.99. The van der Waals surface area contributed by atoms with Gasteiger partial charge in [-0.25, -0.2) is 9.98 Å². The van der Waals surface area contributed by atoms with Gasteiger partial charge in [0.1, 0.15) is 0 Å². The Morgan fingerprint density at radius 1 is 0.492 bits per heavy atom. The summed E-state index contributed by atoms with van der Waals surface area (Å²) in [5, 5.41) is 11.8. The number of rotatable bonds is 6. The first kappa shape index (κ1) is 34.8. The number of hydrogen-bond donors (Lipinski definition) is 0. The number of para-hydroxylation sites is 1. The van der Waals surface area contributed by atoms with Crippen LogP contribution in [0.25, 0.3) is 85.7 Å². The minimum absolute atomic E-state index is 0.586. The molecule has 3 nitrogen and oxygen atoms in total. The number of aliphatic imine (C=N–C) groups is 2. The van der Waals surface area contributed by atoms with Crippen LogP contribution in [-0.2, 0) is 0 Å². The number of nitrogens with zero attached hydrogens (tertiary/aromatic N) is 3. The Bertz CT molecular complexity index is 3610. The van der Waals surface area contributed by atoms with Crippen LogP contribution >= 0.6 is 11.3 Å². The maximum atomic E-state index is 5.52. The summed E-state index contributed by atoms with van der Waals surface area (Å²) >= 11 is 1.81. The molecule has 11 rings (SSSR count). The van der Waals surface area contributed by atoms with Crippen molar-refractivity contribution in [2.24, 2.45) is 9.98 Å². The molecule has 0 N–H and O–H groups in total. The number of aromatic nitrogens is 1. The zero-order chi connectivity index (χ0) is 39.6. The van der Waals surface area contributed by atoms with Crippen LogP contribution in [0, 0.1) is 0 Å². The number of fused-ring (bicyclic) bond motifs is 9. The van der Waals surface area contributed by atoms with Gasteiger partial charge in [0.15, 0.2) is 5.84 Å². The van der Waals surface area contributed by atoms with Crippen LogP contribution in [-0.4, -0.2) is 16.1 Å². The fraction of sp³-hybridized carbons (Fsp3) is 0.0182. The van der Waals surface area contributed by atoms with Gasteiger partial charge in [-0.05, 0) is 93.3 Å². The van der Waals surface area contributed by atoms with E-state index in [0.29, 0.717) is 11.5 Å². The number of benzene rings is 9. The number of amidine groups is 1. The Hall–Kier alpha value is -7.40. The zero-order valence-electron chi connectivity index (χ0n) is 32.5. The quantitative estimate of drug-likeness (QED) is 0.119. The third-order valence-corrected chi connectivity index (χ3v) is 12.7. The molecule has 0 unspecified atom stereocenters. The van der Waals surface area contributed by atoms with Crippen LogP contribution in [0.3, 0.4) is 0 Å². The van der Waals surface area contributed by atoms with Gasteiger partial charge in [-0.1, -0.05) is 147 Å². The van der Waals surface area contributed by atoms with E-state index in [1.165, 1.54) is 52.8 Å². The molecule has 4 heteroatoms. The van der Waals surface area contributed by atoms with E-state index in [1.807, 2.05) is 18.3 Å². The van der Waals surface area contributed by atoms with Crippen molar-refractivity contribution in [1.29, 1.82) is 0 Å². The fourth-order valence-electron chi connectivity index (χ4n) is 8.65. The van der Waals surface area contributed by atoms with E-state index >= 15 is 0 Å². The average molecular weight is 772 g/mol. The van der Waals surface area contributed by atoms with E-state index in [1.54, 1.807) is 0 Å². The van der Waals surface area contributed by atoms with Gasteiger partial charge < -0.3 is 4.57 Å². The maximum absolute atomic E-state index is 5.52. The molecule has 0 spiro atoms. The third kappa shape index (κ3) is 5.88. The van der Waals surface area contributed by atoms with Crippen LogP contribution in [0.15, 0.2) is 211 Å². The van der Waals surface area contributed by atoms with E-state index in [0.717, 1.165) is 55.2 Å². The highest BCUT2D eigenvalue weighted by Gasteiger charge is 2.22. The summed E-state index contributed by atoms with van der Waals surface area (Å²) in [7, 11) is 0. The molecule has 0 bridgehead atoms. The first-order valence-electron chi connectivity index (χ1n) is 19.9. The van der Waals surface area contributed by atoms with Crippen LogP contribution in [0.5, 0.6) is 0 Å². The van der Waals surface area contributed by atoms with Crippen LogP contribution in [0.4, 0.5) is 0 Å². The molecule has 0 amide bonds. The number of allylic oxidation sites excluding steroid dienone is 1. The summed E-state index contributed by atoms with van der Waals surface area (Å²) in [5.74, 6) is 0.586. The molecule has 0 aliphatic carbocycles. The van der Waals surface area contributed by atoms with Crippen molar-refractivity contribution in [3.8, 4) is 5.69 Å². The lowest BCUT2D eigenvalue weighted by Gasteiger charge is -2.15. The summed E-state index contributed by atoms with van der Waals surface area (Å²) < 4.78 is 4.82. The van der Waals surface area contributed by atoms with E-state index in [9.17, 15) is 0 Å². The van der Waals surface area contributed by atoms with Gasteiger partial charge in [-0.2, -0.15) is 0 Å². The van der Waals surface area contributed by atoms with Crippen molar-refractivity contribution >= 4 is 103 Å². The molecule has 0 aliphatic heterocycles. The standard InChI is InChI=1S/C55H37N3S/c1-34(2)53(43-27-25-37-15-5-7-17-40(37)31-43)57-55(56-35(3)38-26-24-36-14-4-6-16-39(36)30-38)46-28-29-49(54-52(46)45-21-11-13-23-51(45)59-54)58-48-22-12-10-20-44(48)47-32-41-18-8-9-19-42(41)33-50(47)58/h4-33H,1,3H2,2H3/b56-55-,57-53+. The van der Waals surface area contributed by atoms with Crippen molar-refractivity contribution in [1.82, 2.24) is 4.57 Å². The molecule has 0 saturated heterocycles. The largest absolute Gasteiger partial charge is 0.308 e. The molecular formula is C55H37N3S. The van der Waals surface area contributed by atoms with Gasteiger partial charge in [-0.15, -0.1) is 11.3 Å². The average Bonchev–Trinajstić information content (AvgIpc) is 3.82. The first-order valence-corrected chi connectivity index (χ1v) is 20.7. The SMILES string of the molecule is C=C(C)/C(=N\C(=N/C(=C)c1ccc2ccccc2c1)c1ccc(-n2c3ccccc3c3cc4ccccc4cc32)c2sc3ccccc3c12)c1ccc2ccccc2c1. The number of thiophene rings is 1. The summed E-state index contributed by atoms with van der Waals surface area (Å²) in [5.41, 5.74) is 8.61. The molecular weight excluding hydrogens is 735 g/mol. The highest BCUT2D eigenvalue weighted by Crippen LogP contribution is 2.43. The van der Waals surface area contributed by atoms with E-state index < -0.39 is 0 Å². The topological polar surface area (TPSA) is 29.6 Å². The van der Waals surface area contributed by atoms with Crippen molar-refractivity contribution in [2.75, 3.05) is 0 Å². The van der Waals surface area contributed by atoms with Crippen molar-refractivity contribution < 1.29 is 0 Å². The fourth-order valence-corrected chi connectivity index (χ4v) is 9.88. The monoisotopic (exact) mass is 771 g/mol. The predicted molar refractivity (Wildman–Crippen MR) is 256 cm³/mol. The Kier molecular flexibility index (Phi) is 8.21. The summed E-state index contributed by atoms with van der Waals surface area (Å²) in [6.45, 7) is 11.0. The molecule has 278 valence electrons. The van der Waals surface area contributed by atoms with Crippen molar-refractivity contribution in [3.63, 3.8) is 0 Å². The molecule has 2 heterocycles. The first-order chi connectivity index (χ1) is 29.0. The Morgan fingerprint density at radius 2 is 1.07 bits per heavy atom. The van der Waals surface area contributed by atoms with Gasteiger partial charge in [-0.3, -0.25) is 0 Å². The second kappa shape index (κ2) is 13.9. The minimum atomic E-state index is 0.586. The molecule has 0 saturated carbocycles. The maximum Gasteiger partial charge on any atom is 0.161 e. The Labute approximate surface area is 345 Å². The molecule has 59 heavy (non-hydrogen) atoms. The lowest BCUT2D eigenvalue weighted by molar-refractivity contribution is 1.20. The molecule has 0 radical (unpaired) electrons. The molecule has 11 aromatic rings. The number of hydrogen-bond acceptors (Lipinski definition) is 2. The van der Waals surface area contributed by atoms with Crippen LogP contribution < -0.4 is 0 Å². The second-order valence-electron chi connectivity index (χ2n) is 15.3. The lowest BCUT2D eigenvalue weighted by Crippen LogP contribution is -2.09. The molecule has 0 atom stereocenters. The van der Waals surface area contributed by atoms with Gasteiger partial charge >= 0.3 is 0 Å². The highest BCUT2D eigenvalue weighted by molar-refractivity contribution is 7.26. The zero-order valence-corrected chi connectivity index (χ0v) is 33.3. The van der Waals surface area contributed by atoms with Crippen molar-refractivity contribution in [3.05, 3.63) is 217 Å². The van der Waals surface area contributed by atoms with Gasteiger partial charge in [0, 0.05) is 42.9 Å². The van der Waals surface area contributed by atoms with Crippen molar-refractivity contribution in [2.45, 2.75) is 6.92 Å². The summed E-state index contributed by atoms with van der Waals surface area (Å²) in [6.07, 6.45) is 0. The Balaban J connectivity index is 1.20. The van der Waals surface area contributed by atoms with Gasteiger partial charge in [0.25, 0.3) is 0 Å². The summed E-state index contributed by atoms with van der Waals surface area (Å²) in [4.78, 5) is 10.9. The van der Waals surface area contributed by atoms with Crippen LogP contribution in [0.1, 0.15) is 23.6 Å². The van der Waals surface area contributed by atoms with Gasteiger partial charge in [0.05, 0.1) is 32.8 Å². The minimum Gasteiger partial charge on any atom is -0.308 e. The smallest absolute Gasteiger partial charge is 0.161 e. The molecule has 9 aromatic carbocycles. The van der Waals surface area contributed by atoms with E-state index in [2.05, 4.69) is 200 Å². The predicted octanol–water partition coefficient (Wildman–Crippen LogP) is 15.1. The highest BCUT2D eigenvalue weighted by atomic mass is 32.1. The molecule has 0 aliphatic rings. The van der Waals surface area contributed by atoms with Crippen LogP contribution in [0.2, 0.25) is 0 Å². The molecule has 0 fully saturated rings. The Morgan fingerprint density at radius 3 is 1.78 bits per heavy atom. The normalized spacial score (nSPS) is 12.5. The van der Waals surface area contributed by atoms with Gasteiger partial charge in [0.2, 0.25) is 0 Å².